The van der Waals surface area contributed by atoms with Gasteiger partial charge >= 0.3 is 6.18 Å². The predicted molar refractivity (Wildman–Crippen MR) is 107 cm³/mol. The Morgan fingerprint density at radius 3 is 2.55 bits per heavy atom. The van der Waals surface area contributed by atoms with E-state index >= 15 is 0 Å². The van der Waals surface area contributed by atoms with Crippen LogP contribution in [0.5, 0.6) is 0 Å². The van der Waals surface area contributed by atoms with Gasteiger partial charge in [0.15, 0.2) is 0 Å². The lowest BCUT2D eigenvalue weighted by molar-refractivity contribution is -0.137. The summed E-state index contributed by atoms with van der Waals surface area (Å²) in [5, 5.41) is 6.50. The Hall–Kier alpha value is -3.23. The normalized spacial score (nSPS) is 25.1. The standard InChI is InChI=1S/C22H20F3N5O/c23-22(24,25)14-4-7-16-17(10-14)28-19(27-16)20-8-1-9-21(11-20,12-20)29-18(31)13-2-5-15(30-26)6-3-13/h2-7,10,26H,1,8-9,11-12H2,(H,27,28)(H,29,31). The van der Waals surface area contributed by atoms with Crippen LogP contribution in [-0.4, -0.2) is 21.4 Å². The number of fused-ring (bicyclic) bond motifs is 3. The van der Waals surface area contributed by atoms with Crippen molar-refractivity contribution in [2.24, 2.45) is 5.11 Å². The van der Waals surface area contributed by atoms with Gasteiger partial charge < -0.3 is 10.3 Å². The van der Waals surface area contributed by atoms with E-state index in [1.54, 1.807) is 24.3 Å². The molecule has 160 valence electrons. The maximum Gasteiger partial charge on any atom is 0.416 e. The second-order valence-corrected chi connectivity index (χ2v) is 8.70. The Kier molecular flexibility index (Phi) is 4.22. The summed E-state index contributed by atoms with van der Waals surface area (Å²) < 4.78 is 39.1. The first kappa shape index (κ1) is 19.7. The Morgan fingerprint density at radius 2 is 1.87 bits per heavy atom. The van der Waals surface area contributed by atoms with Gasteiger partial charge in [0.05, 0.1) is 22.3 Å². The molecule has 3 fully saturated rings. The molecule has 1 amide bonds. The Balaban J connectivity index is 1.36. The number of aromatic nitrogens is 2. The monoisotopic (exact) mass is 427 g/mol. The number of aromatic amines is 1. The van der Waals surface area contributed by atoms with E-state index in [-0.39, 0.29) is 16.9 Å². The summed E-state index contributed by atoms with van der Waals surface area (Å²) in [7, 11) is 0. The molecule has 2 bridgehead atoms. The number of hydrogen-bond acceptors (Lipinski definition) is 4. The zero-order valence-corrected chi connectivity index (χ0v) is 16.5. The lowest BCUT2D eigenvalue weighted by Crippen LogP contribution is -2.66. The first-order valence-corrected chi connectivity index (χ1v) is 10.1. The van der Waals surface area contributed by atoms with Gasteiger partial charge in [-0.15, -0.1) is 0 Å². The topological polar surface area (TPSA) is 94.0 Å². The SMILES string of the molecule is N=Nc1ccc(C(=O)NC23CCCC(c4nc5cc(C(F)(F)F)ccc5[nH]4)(C2)C3)cc1. The van der Waals surface area contributed by atoms with E-state index in [1.165, 1.54) is 6.07 Å². The van der Waals surface area contributed by atoms with Crippen LogP contribution in [-0.2, 0) is 11.6 Å². The Labute approximate surface area is 175 Å². The molecule has 1 heterocycles. The molecule has 3 aliphatic carbocycles. The summed E-state index contributed by atoms with van der Waals surface area (Å²) in [6.45, 7) is 0. The fraction of sp³-hybridized carbons (Fsp3) is 0.364. The summed E-state index contributed by atoms with van der Waals surface area (Å²) in [6.07, 6.45) is -0.341. The van der Waals surface area contributed by atoms with Crippen molar-refractivity contribution >= 4 is 22.6 Å². The van der Waals surface area contributed by atoms with Gasteiger partial charge in [-0.05, 0) is 68.1 Å². The van der Waals surface area contributed by atoms with Crippen LogP contribution < -0.4 is 5.32 Å². The third-order valence-electron chi connectivity index (χ3n) is 6.61. The van der Waals surface area contributed by atoms with Gasteiger partial charge in [0, 0.05) is 16.5 Å². The van der Waals surface area contributed by atoms with E-state index in [0.29, 0.717) is 41.0 Å². The molecule has 0 saturated heterocycles. The number of halogens is 3. The lowest BCUT2D eigenvalue weighted by atomic mass is 9.49. The van der Waals surface area contributed by atoms with Crippen molar-refractivity contribution in [3.63, 3.8) is 0 Å². The number of hydrogen-bond donors (Lipinski definition) is 3. The Bertz CT molecular complexity index is 1180. The molecule has 2 aromatic carbocycles. The van der Waals surface area contributed by atoms with E-state index in [0.717, 1.165) is 31.4 Å². The highest BCUT2D eigenvalue weighted by atomic mass is 19.4. The number of rotatable bonds is 4. The highest BCUT2D eigenvalue weighted by Gasteiger charge is 2.60. The molecule has 6 rings (SSSR count). The quantitative estimate of drug-likeness (QED) is 0.471. The third-order valence-corrected chi connectivity index (χ3v) is 6.61. The van der Waals surface area contributed by atoms with Crippen LogP contribution in [0.3, 0.4) is 0 Å². The molecule has 3 aliphatic rings. The molecule has 9 heteroatoms. The zero-order valence-electron chi connectivity index (χ0n) is 16.5. The highest BCUT2D eigenvalue weighted by molar-refractivity contribution is 5.95. The summed E-state index contributed by atoms with van der Waals surface area (Å²) in [4.78, 5) is 20.5. The largest absolute Gasteiger partial charge is 0.416 e. The molecule has 3 N–H and O–H groups in total. The van der Waals surface area contributed by atoms with Crippen LogP contribution in [0.15, 0.2) is 47.6 Å². The minimum Gasteiger partial charge on any atom is -0.347 e. The third kappa shape index (κ3) is 3.28. The summed E-state index contributed by atoms with van der Waals surface area (Å²) in [5.74, 6) is 0.527. The lowest BCUT2D eigenvalue weighted by Gasteiger charge is -2.60. The molecule has 3 saturated carbocycles. The molecule has 0 radical (unpaired) electrons. The summed E-state index contributed by atoms with van der Waals surface area (Å²) in [5.41, 5.74) is 7.60. The van der Waals surface area contributed by atoms with Crippen LogP contribution in [0.2, 0.25) is 0 Å². The van der Waals surface area contributed by atoms with Crippen LogP contribution >= 0.6 is 0 Å². The molecule has 0 unspecified atom stereocenters. The molecule has 3 aromatic rings. The Morgan fingerprint density at radius 1 is 1.13 bits per heavy atom. The number of nitrogens with one attached hydrogen (secondary N) is 3. The minimum atomic E-state index is -4.40. The van der Waals surface area contributed by atoms with E-state index in [4.69, 9.17) is 5.53 Å². The van der Waals surface area contributed by atoms with Crippen molar-refractivity contribution < 1.29 is 18.0 Å². The summed E-state index contributed by atoms with van der Waals surface area (Å²) in [6, 6.07) is 10.1. The van der Waals surface area contributed by atoms with Gasteiger partial charge in [-0.25, -0.2) is 10.5 Å². The number of benzene rings is 2. The number of H-pyrrole nitrogens is 1. The maximum atomic E-state index is 13.0. The average molecular weight is 427 g/mol. The molecule has 1 aromatic heterocycles. The average Bonchev–Trinajstić information content (AvgIpc) is 3.17. The first-order chi connectivity index (χ1) is 14.7. The molecule has 0 spiro atoms. The molecular formula is C22H20F3N5O. The number of carbonyl (C=O) groups excluding carboxylic acids is 1. The van der Waals surface area contributed by atoms with Crippen molar-refractivity contribution in [2.75, 3.05) is 0 Å². The smallest absolute Gasteiger partial charge is 0.347 e. The second-order valence-electron chi connectivity index (χ2n) is 8.70. The fourth-order valence-corrected chi connectivity index (χ4v) is 5.23. The molecule has 0 atom stereocenters. The van der Waals surface area contributed by atoms with Crippen molar-refractivity contribution in [1.29, 1.82) is 5.53 Å². The van der Waals surface area contributed by atoms with Crippen LogP contribution in [0.25, 0.3) is 11.0 Å². The van der Waals surface area contributed by atoms with E-state index in [2.05, 4.69) is 20.4 Å². The van der Waals surface area contributed by atoms with Crippen LogP contribution in [0.1, 0.15) is 53.8 Å². The minimum absolute atomic E-state index is 0.175. The predicted octanol–water partition coefficient (Wildman–Crippen LogP) is 5.63. The summed E-state index contributed by atoms with van der Waals surface area (Å²) >= 11 is 0. The molecule has 0 aliphatic heterocycles. The van der Waals surface area contributed by atoms with Crippen molar-refractivity contribution in [3.05, 3.63) is 59.4 Å². The second kappa shape index (κ2) is 6.63. The van der Waals surface area contributed by atoms with Gasteiger partial charge in [-0.2, -0.15) is 18.3 Å². The van der Waals surface area contributed by atoms with E-state index in [9.17, 15) is 18.0 Å². The van der Waals surface area contributed by atoms with Crippen molar-refractivity contribution in [2.45, 2.75) is 49.2 Å². The van der Waals surface area contributed by atoms with Gasteiger partial charge in [-0.1, -0.05) is 6.42 Å². The van der Waals surface area contributed by atoms with Gasteiger partial charge in [0.1, 0.15) is 5.82 Å². The maximum absolute atomic E-state index is 13.0. The van der Waals surface area contributed by atoms with Gasteiger partial charge in [-0.3, -0.25) is 4.79 Å². The first-order valence-electron chi connectivity index (χ1n) is 10.1. The number of amides is 1. The van der Waals surface area contributed by atoms with E-state index in [1.807, 2.05) is 0 Å². The molecule has 6 nitrogen and oxygen atoms in total. The number of carbonyl (C=O) groups is 1. The van der Waals surface area contributed by atoms with Crippen molar-refractivity contribution in [1.82, 2.24) is 15.3 Å². The molecule has 31 heavy (non-hydrogen) atoms. The zero-order chi connectivity index (χ0) is 21.9. The highest BCUT2D eigenvalue weighted by Crippen LogP contribution is 2.58. The van der Waals surface area contributed by atoms with E-state index < -0.39 is 11.7 Å². The van der Waals surface area contributed by atoms with Gasteiger partial charge in [0.25, 0.3) is 5.91 Å². The fourth-order valence-electron chi connectivity index (χ4n) is 5.23. The number of imidazole rings is 1. The number of nitrogens with zero attached hydrogens (tertiary/aromatic N) is 2. The van der Waals surface area contributed by atoms with Crippen LogP contribution in [0.4, 0.5) is 18.9 Å². The van der Waals surface area contributed by atoms with Crippen LogP contribution in [0, 0.1) is 5.53 Å². The number of alkyl halides is 3. The molecular weight excluding hydrogens is 407 g/mol. The van der Waals surface area contributed by atoms with Gasteiger partial charge in [0.2, 0.25) is 0 Å². The van der Waals surface area contributed by atoms with Crippen molar-refractivity contribution in [3.8, 4) is 0 Å².